The van der Waals surface area contributed by atoms with E-state index < -0.39 is 0 Å². The fourth-order valence-electron chi connectivity index (χ4n) is 11.5. The number of hydrogen-bond donors (Lipinski definition) is 0. The standard InChI is InChI=1S/C56H64N8S8.O.Ti/c1-17-25-33-34(26(18-2)42(66-10)41(25)65-9)50-57-49(33)61-51-35-27(19-3)43(67-11)44(68-12)28(20-4)36(35)53(58-51)63-55-39-31(23-7)47(71-15)48(72-16)32(24-8)40(39)56(60-55)64-54-38-30(22-6)46(70-14)45(69-13)29(21-5)37(38)52(59-54)62-50;;/h17-24H2,1-16H3;;/q-2;;+2. The average molecular weight is 1170 g/mol. The van der Waals surface area contributed by atoms with Crippen molar-refractivity contribution in [2.45, 2.75) is 146 Å². The number of hydrogen-bond acceptors (Lipinski definition) is 15. The van der Waals surface area contributed by atoms with Crippen molar-refractivity contribution in [2.75, 3.05) is 50.0 Å². The van der Waals surface area contributed by atoms with Crippen LogP contribution in [0.15, 0.2) is 39.2 Å². The average Bonchev–Trinajstić information content (AvgIpc) is 4.20. The van der Waals surface area contributed by atoms with Gasteiger partial charge in [0.25, 0.3) is 0 Å². The molecule has 0 atom stereocenters. The van der Waals surface area contributed by atoms with Crippen molar-refractivity contribution >= 4 is 138 Å². The second-order valence-corrected chi connectivity index (χ2v) is 23.9. The van der Waals surface area contributed by atoms with Crippen molar-refractivity contribution in [1.82, 2.24) is 39.9 Å². The Kier molecular flexibility index (Phi) is 19.3. The fourth-order valence-corrected chi connectivity index (χ4v) is 19.9. The summed E-state index contributed by atoms with van der Waals surface area (Å²) in [5, 5.41) is 4.21. The van der Waals surface area contributed by atoms with Crippen LogP contribution in [-0.4, -0.2) is 80.0 Å². The van der Waals surface area contributed by atoms with Crippen LogP contribution in [0.4, 0.5) is 0 Å². The summed E-state index contributed by atoms with van der Waals surface area (Å²) in [5.74, 6) is 2.58. The van der Waals surface area contributed by atoms with Crippen molar-refractivity contribution in [3.63, 3.8) is 0 Å². The summed E-state index contributed by atoms with van der Waals surface area (Å²) in [6.07, 6.45) is 24.1. The second-order valence-electron chi connectivity index (χ2n) is 17.4. The molecule has 386 valence electrons. The number of aryl methyl sites for hydroxylation is 4. The summed E-state index contributed by atoms with van der Waals surface area (Å²) in [6.45, 7) is 18.1. The van der Waals surface area contributed by atoms with Crippen LogP contribution in [0, 0.1) is 0 Å². The van der Waals surface area contributed by atoms with E-state index in [0.717, 1.165) is 116 Å². The van der Waals surface area contributed by atoms with Gasteiger partial charge in [0, 0.05) is 84.0 Å². The maximum atomic E-state index is 8.25. The van der Waals surface area contributed by atoms with Crippen molar-refractivity contribution in [3.05, 3.63) is 44.5 Å². The minimum absolute atomic E-state index is 0.644. The van der Waals surface area contributed by atoms with Crippen LogP contribution in [0.3, 0.4) is 0 Å². The normalized spacial score (nSPS) is 12.0. The molecule has 0 N–H and O–H groups in total. The maximum absolute atomic E-state index is 8.25. The summed E-state index contributed by atoms with van der Waals surface area (Å²) < 4.78 is 8.25. The zero-order valence-electron chi connectivity index (χ0n) is 45.4. The Morgan fingerprint density at radius 1 is 0.284 bits per heavy atom. The zero-order chi connectivity index (χ0) is 53.4. The molecular weight excluding hydrogens is 1110 g/mol. The Morgan fingerprint density at radius 3 is 0.595 bits per heavy atom. The van der Waals surface area contributed by atoms with Gasteiger partial charge in [-0.3, -0.25) is 0 Å². The monoisotopic (exact) mass is 1170 g/mol. The van der Waals surface area contributed by atoms with Crippen LogP contribution in [0.5, 0.6) is 0 Å². The number of fused-ring (bicyclic) bond motifs is 20. The molecule has 74 heavy (non-hydrogen) atoms. The number of rotatable bonds is 16. The molecule has 7 aromatic rings. The van der Waals surface area contributed by atoms with Crippen molar-refractivity contribution in [3.8, 4) is 45.6 Å². The van der Waals surface area contributed by atoms with Gasteiger partial charge < -0.3 is 29.9 Å². The number of nitrogens with zero attached hydrogens (tertiary/aromatic N) is 8. The third-order valence-corrected chi connectivity index (χ3v) is 21.8. The SMILES string of the molecule is CCc1c(SC)c(SC)c(CC)c2c1-c1nc-2nc2[n-]c(nc3nc(nc4[n-]c(n1)c1c(CC)c(SC)c(SC)c(CC)c41)-c1c(CC)c(SC)c(SC)c(CC)c1-3)c1c(CC)c(SC)c(SC)c(CC)c21.[O]=[Ti+2]. The van der Waals surface area contributed by atoms with Crippen LogP contribution in [0.2, 0.25) is 0 Å². The van der Waals surface area contributed by atoms with Gasteiger partial charge in [-0.05, 0) is 167 Å². The van der Waals surface area contributed by atoms with E-state index in [-0.39, 0.29) is 0 Å². The quantitative estimate of drug-likeness (QED) is 0.0673. The summed E-state index contributed by atoms with van der Waals surface area (Å²) in [7, 11) is 0. The molecule has 8 bridgehead atoms. The van der Waals surface area contributed by atoms with Crippen LogP contribution < -0.4 is 9.97 Å². The van der Waals surface area contributed by atoms with E-state index in [1.165, 1.54) is 83.7 Å². The van der Waals surface area contributed by atoms with Crippen LogP contribution >= 0.6 is 94.1 Å². The van der Waals surface area contributed by atoms with Gasteiger partial charge in [0.2, 0.25) is 0 Å². The molecule has 0 aliphatic carbocycles. The van der Waals surface area contributed by atoms with Gasteiger partial charge in [-0.2, -0.15) is 0 Å². The Morgan fingerprint density at radius 2 is 0.446 bits per heavy atom. The van der Waals surface area contributed by atoms with E-state index in [0.29, 0.717) is 45.9 Å². The third kappa shape index (κ3) is 9.10. The summed E-state index contributed by atoms with van der Waals surface area (Å²) in [6, 6.07) is 0. The van der Waals surface area contributed by atoms with Gasteiger partial charge in [-0.1, -0.05) is 55.4 Å². The molecule has 0 saturated carbocycles. The van der Waals surface area contributed by atoms with Crippen molar-refractivity contribution in [2.24, 2.45) is 0 Å². The number of thioether (sulfide) groups is 8. The van der Waals surface area contributed by atoms with Crippen LogP contribution in [0.25, 0.3) is 89.7 Å². The first-order chi connectivity index (χ1) is 36.0. The molecule has 2 aliphatic rings. The number of aromatic nitrogens is 8. The van der Waals surface area contributed by atoms with E-state index >= 15 is 0 Å². The zero-order valence-corrected chi connectivity index (χ0v) is 53.5. The molecule has 0 radical (unpaired) electrons. The molecule has 0 amide bonds. The Bertz CT molecular complexity index is 3110. The van der Waals surface area contributed by atoms with Gasteiger partial charge >= 0.3 is 23.7 Å². The first-order valence-corrected chi connectivity index (χ1v) is 35.6. The molecule has 5 heterocycles. The van der Waals surface area contributed by atoms with E-state index in [1.54, 1.807) is 0 Å². The minimum atomic E-state index is 0.644. The second kappa shape index (κ2) is 24.7. The summed E-state index contributed by atoms with van der Waals surface area (Å²) in [4.78, 5) is 55.8. The molecule has 3 aromatic heterocycles. The molecule has 0 saturated heterocycles. The van der Waals surface area contributed by atoms with Crippen LogP contribution in [0.1, 0.15) is 99.9 Å². The summed E-state index contributed by atoms with van der Waals surface area (Å²) >= 11 is 15.3. The van der Waals surface area contributed by atoms with Gasteiger partial charge in [0.05, 0.1) is 23.3 Å². The third-order valence-electron chi connectivity index (χ3n) is 14.4. The van der Waals surface area contributed by atoms with Crippen molar-refractivity contribution in [1.29, 1.82) is 0 Å². The van der Waals surface area contributed by atoms with Gasteiger partial charge in [-0.25, -0.2) is 9.97 Å². The molecule has 2 aliphatic heterocycles. The molecule has 0 spiro atoms. The Labute approximate surface area is 483 Å². The first kappa shape index (κ1) is 57.7. The van der Waals surface area contributed by atoms with E-state index in [4.69, 9.17) is 43.2 Å². The van der Waals surface area contributed by atoms with E-state index in [1.807, 2.05) is 94.1 Å². The summed E-state index contributed by atoms with van der Waals surface area (Å²) in [5.41, 5.74) is 16.7. The van der Waals surface area contributed by atoms with E-state index in [2.05, 4.69) is 105 Å². The molecule has 9 nitrogen and oxygen atoms in total. The Hall–Kier alpha value is -2.45. The van der Waals surface area contributed by atoms with E-state index in [9.17, 15) is 0 Å². The Balaban J connectivity index is 0.00000360. The van der Waals surface area contributed by atoms with Crippen LogP contribution in [-0.2, 0) is 75.1 Å². The first-order valence-electron chi connectivity index (χ1n) is 25.2. The van der Waals surface area contributed by atoms with Gasteiger partial charge in [0.15, 0.2) is 0 Å². The predicted molar refractivity (Wildman–Crippen MR) is 324 cm³/mol. The van der Waals surface area contributed by atoms with Crippen molar-refractivity contribution < 1.29 is 23.7 Å². The molecule has 18 heteroatoms. The molecular formula is C56H64N8OS8Ti. The molecule has 0 fully saturated rings. The van der Waals surface area contributed by atoms with Gasteiger partial charge in [-0.15, -0.1) is 94.1 Å². The molecule has 9 rings (SSSR count). The molecule has 4 aromatic carbocycles. The topological polar surface area (TPSA) is 123 Å². The fraction of sp³-hybridized carbons (Fsp3) is 0.429. The predicted octanol–water partition coefficient (Wildman–Crippen LogP) is 16.3. The van der Waals surface area contributed by atoms with Gasteiger partial charge in [0.1, 0.15) is 0 Å². The molecule has 0 unspecified atom stereocenters. The number of benzene rings is 4.